The van der Waals surface area contributed by atoms with Crippen LogP contribution in [0.15, 0.2) is 78.9 Å². The van der Waals surface area contributed by atoms with Gasteiger partial charge in [-0.05, 0) is 68.4 Å². The van der Waals surface area contributed by atoms with Crippen LogP contribution in [-0.2, 0) is 0 Å². The number of allylic oxidation sites excluding steroid dienone is 2. The summed E-state index contributed by atoms with van der Waals surface area (Å²) in [4.78, 5) is 0. The summed E-state index contributed by atoms with van der Waals surface area (Å²) in [6.45, 7) is 2.23. The molecule has 0 aromatic heterocycles. The molecule has 1 radical (unpaired) electrons. The topological polar surface area (TPSA) is 0 Å². The lowest BCUT2D eigenvalue weighted by atomic mass is 9.93. The first-order chi connectivity index (χ1) is 11.8. The molecule has 0 nitrogen and oxygen atoms in total. The highest BCUT2D eigenvalue weighted by atomic mass is 14.2. The van der Waals surface area contributed by atoms with Gasteiger partial charge in [-0.2, -0.15) is 0 Å². The van der Waals surface area contributed by atoms with Crippen LogP contribution in [0.1, 0.15) is 23.6 Å². The highest BCUT2D eigenvalue weighted by Crippen LogP contribution is 2.42. The second-order valence-electron chi connectivity index (χ2n) is 6.50. The third-order valence-corrected chi connectivity index (χ3v) is 5.11. The number of rotatable bonds is 1. The van der Waals surface area contributed by atoms with Crippen molar-refractivity contribution in [3.63, 3.8) is 0 Å². The Morgan fingerprint density at radius 2 is 1.25 bits per heavy atom. The molecule has 0 fully saturated rings. The zero-order valence-electron chi connectivity index (χ0n) is 13.6. The second-order valence-corrected chi connectivity index (χ2v) is 6.50. The highest BCUT2D eigenvalue weighted by molar-refractivity contribution is 6.10. The summed E-state index contributed by atoms with van der Waals surface area (Å²) >= 11 is 0. The maximum absolute atomic E-state index is 2.33. The number of hydrogen-bond acceptors (Lipinski definition) is 0. The Balaban J connectivity index is 1.79. The SMILES string of the molecule is CC1=C(c2cccc3cc4ccccc4cc23)[CH]c2ccccc21. The van der Waals surface area contributed by atoms with Gasteiger partial charge < -0.3 is 0 Å². The van der Waals surface area contributed by atoms with E-state index < -0.39 is 0 Å². The summed E-state index contributed by atoms with van der Waals surface area (Å²) in [5, 5.41) is 5.23. The summed E-state index contributed by atoms with van der Waals surface area (Å²) in [6, 6.07) is 28.5. The first-order valence-electron chi connectivity index (χ1n) is 8.38. The van der Waals surface area contributed by atoms with Crippen molar-refractivity contribution >= 4 is 32.7 Å². The smallest absolute Gasteiger partial charge is 0.0214 e. The summed E-state index contributed by atoms with van der Waals surface area (Å²) in [5.41, 5.74) is 6.71. The lowest BCUT2D eigenvalue weighted by Gasteiger charge is -2.10. The second kappa shape index (κ2) is 5.07. The Morgan fingerprint density at radius 3 is 2.08 bits per heavy atom. The molecule has 1 aliphatic carbocycles. The number of benzene rings is 4. The first kappa shape index (κ1) is 13.6. The van der Waals surface area contributed by atoms with Gasteiger partial charge >= 0.3 is 0 Å². The van der Waals surface area contributed by atoms with Crippen molar-refractivity contribution in [1.82, 2.24) is 0 Å². The van der Waals surface area contributed by atoms with Crippen LogP contribution in [0.5, 0.6) is 0 Å². The molecule has 0 spiro atoms. The fraction of sp³-hybridized carbons (Fsp3) is 0.0417. The molecular formula is C24H17. The van der Waals surface area contributed by atoms with Crippen LogP contribution >= 0.6 is 0 Å². The van der Waals surface area contributed by atoms with Crippen LogP contribution in [0.3, 0.4) is 0 Å². The quantitative estimate of drug-likeness (QED) is 0.353. The maximum atomic E-state index is 2.33. The van der Waals surface area contributed by atoms with Crippen LogP contribution in [0.4, 0.5) is 0 Å². The van der Waals surface area contributed by atoms with E-state index in [9.17, 15) is 0 Å². The molecule has 0 bridgehead atoms. The summed E-state index contributed by atoms with van der Waals surface area (Å²) in [7, 11) is 0. The third kappa shape index (κ3) is 1.93. The molecule has 4 aromatic rings. The van der Waals surface area contributed by atoms with Crippen molar-refractivity contribution in [2.24, 2.45) is 0 Å². The molecule has 113 valence electrons. The van der Waals surface area contributed by atoms with Crippen LogP contribution in [-0.4, -0.2) is 0 Å². The van der Waals surface area contributed by atoms with Crippen molar-refractivity contribution in [2.75, 3.05) is 0 Å². The Bertz CT molecular complexity index is 1130. The van der Waals surface area contributed by atoms with E-state index in [-0.39, 0.29) is 0 Å². The van der Waals surface area contributed by atoms with E-state index in [0.717, 1.165) is 0 Å². The van der Waals surface area contributed by atoms with Crippen LogP contribution in [0.25, 0.3) is 32.7 Å². The van der Waals surface area contributed by atoms with E-state index in [2.05, 4.69) is 92.2 Å². The van der Waals surface area contributed by atoms with Gasteiger partial charge in [-0.25, -0.2) is 0 Å². The number of hydrogen-bond donors (Lipinski definition) is 0. The molecule has 0 saturated heterocycles. The summed E-state index contributed by atoms with van der Waals surface area (Å²) < 4.78 is 0. The van der Waals surface area contributed by atoms with Gasteiger partial charge in [-0.15, -0.1) is 0 Å². The third-order valence-electron chi connectivity index (χ3n) is 5.11. The maximum Gasteiger partial charge on any atom is 0.0214 e. The molecule has 0 aliphatic heterocycles. The predicted octanol–water partition coefficient (Wildman–Crippen LogP) is 6.49. The molecular weight excluding hydrogens is 288 g/mol. The van der Waals surface area contributed by atoms with E-state index in [0.29, 0.717) is 0 Å². The zero-order valence-corrected chi connectivity index (χ0v) is 13.6. The van der Waals surface area contributed by atoms with E-state index in [1.807, 2.05) is 0 Å². The molecule has 0 amide bonds. The van der Waals surface area contributed by atoms with E-state index >= 15 is 0 Å². The predicted molar refractivity (Wildman–Crippen MR) is 104 cm³/mol. The molecule has 0 atom stereocenters. The first-order valence-corrected chi connectivity index (χ1v) is 8.38. The van der Waals surface area contributed by atoms with Gasteiger partial charge in [-0.1, -0.05) is 66.7 Å². The van der Waals surface area contributed by atoms with Gasteiger partial charge in [-0.3, -0.25) is 0 Å². The van der Waals surface area contributed by atoms with Gasteiger partial charge in [0, 0.05) is 6.42 Å². The van der Waals surface area contributed by atoms with Crippen molar-refractivity contribution < 1.29 is 0 Å². The van der Waals surface area contributed by atoms with Crippen LogP contribution in [0.2, 0.25) is 0 Å². The fourth-order valence-electron chi connectivity index (χ4n) is 3.85. The zero-order chi connectivity index (χ0) is 16.1. The van der Waals surface area contributed by atoms with Crippen molar-refractivity contribution in [1.29, 1.82) is 0 Å². The molecule has 5 rings (SSSR count). The van der Waals surface area contributed by atoms with Crippen molar-refractivity contribution in [3.8, 4) is 0 Å². The minimum absolute atomic E-state index is 1.30. The molecule has 0 unspecified atom stereocenters. The van der Waals surface area contributed by atoms with Crippen LogP contribution in [0, 0.1) is 6.42 Å². The van der Waals surface area contributed by atoms with Gasteiger partial charge in [0.15, 0.2) is 0 Å². The van der Waals surface area contributed by atoms with Gasteiger partial charge in [0.2, 0.25) is 0 Å². The fourth-order valence-corrected chi connectivity index (χ4v) is 3.85. The van der Waals surface area contributed by atoms with Gasteiger partial charge in [0.05, 0.1) is 0 Å². The van der Waals surface area contributed by atoms with Gasteiger partial charge in [0.25, 0.3) is 0 Å². The number of fused-ring (bicyclic) bond motifs is 3. The van der Waals surface area contributed by atoms with Crippen molar-refractivity contribution in [2.45, 2.75) is 6.92 Å². The summed E-state index contributed by atoms with van der Waals surface area (Å²) in [6.07, 6.45) is 2.33. The van der Waals surface area contributed by atoms with Crippen LogP contribution < -0.4 is 0 Å². The molecule has 1 aliphatic rings. The Morgan fingerprint density at radius 1 is 0.583 bits per heavy atom. The molecule has 0 heteroatoms. The largest absolute Gasteiger partial charge is 0.0619 e. The average Bonchev–Trinajstić information content (AvgIpc) is 2.96. The molecule has 0 saturated carbocycles. The van der Waals surface area contributed by atoms with Crippen molar-refractivity contribution in [3.05, 3.63) is 102 Å². The normalized spacial score (nSPS) is 13.7. The van der Waals surface area contributed by atoms with E-state index in [1.54, 1.807) is 0 Å². The molecule has 4 aromatic carbocycles. The van der Waals surface area contributed by atoms with E-state index in [1.165, 1.54) is 49.4 Å². The Hall–Kier alpha value is -2.86. The Labute approximate surface area is 142 Å². The highest BCUT2D eigenvalue weighted by Gasteiger charge is 2.20. The molecule has 0 heterocycles. The average molecular weight is 305 g/mol. The standard InChI is InChI=1S/C24H17/c1-16-21-11-5-4-9-20(21)15-23(16)22-12-6-10-19-13-17-7-2-3-8-18(17)14-24(19)22/h2-15H,1H3. The minimum atomic E-state index is 1.30. The minimum Gasteiger partial charge on any atom is -0.0619 e. The summed E-state index contributed by atoms with van der Waals surface area (Å²) in [5.74, 6) is 0. The molecule has 0 N–H and O–H groups in total. The molecule has 24 heavy (non-hydrogen) atoms. The lowest BCUT2D eigenvalue weighted by molar-refractivity contribution is 1.52. The lowest BCUT2D eigenvalue weighted by Crippen LogP contribution is -1.87. The Kier molecular flexibility index (Phi) is 2.87. The monoisotopic (exact) mass is 305 g/mol. The van der Waals surface area contributed by atoms with E-state index in [4.69, 9.17) is 0 Å². The van der Waals surface area contributed by atoms with Gasteiger partial charge in [0.1, 0.15) is 0 Å².